The molecule has 5 nitrogen and oxygen atoms in total. The van der Waals surface area contributed by atoms with E-state index in [4.69, 9.17) is 38.0 Å². The molecule has 0 saturated carbocycles. The van der Waals surface area contributed by atoms with Crippen molar-refractivity contribution in [3.05, 3.63) is 87.8 Å². The Morgan fingerprint density at radius 1 is 1.03 bits per heavy atom. The fourth-order valence-electron chi connectivity index (χ4n) is 3.36. The zero-order chi connectivity index (χ0) is 24.1. The second-order valence-corrected chi connectivity index (χ2v) is 9.32. The Morgan fingerprint density at radius 2 is 1.79 bits per heavy atom. The number of thioether (sulfide) groups is 1. The Morgan fingerprint density at radius 3 is 2.50 bits per heavy atom. The van der Waals surface area contributed by atoms with Gasteiger partial charge in [-0.15, -0.1) is 0 Å². The van der Waals surface area contributed by atoms with E-state index in [1.54, 1.807) is 13.2 Å². The van der Waals surface area contributed by atoms with Crippen LogP contribution in [0.15, 0.2) is 71.6 Å². The fraction of sp³-hybridized carbons (Fsp3) is 0.154. The minimum Gasteiger partial charge on any atom is -0.494 e. The lowest BCUT2D eigenvalue weighted by molar-refractivity contribution is -0.113. The van der Waals surface area contributed by atoms with Crippen LogP contribution >= 0.6 is 35.6 Å². The molecule has 0 unspecified atom stereocenters. The van der Waals surface area contributed by atoms with E-state index >= 15 is 0 Å². The molecule has 0 atom stereocenters. The highest BCUT2D eigenvalue weighted by Crippen LogP contribution is 2.38. The van der Waals surface area contributed by atoms with Gasteiger partial charge in [0.25, 0.3) is 5.91 Å². The molecular weight excluding hydrogens is 490 g/mol. The van der Waals surface area contributed by atoms with Gasteiger partial charge in [-0.1, -0.05) is 59.8 Å². The summed E-state index contributed by atoms with van der Waals surface area (Å²) in [5, 5.41) is 0.646. The first-order valence-electron chi connectivity index (χ1n) is 10.5. The van der Waals surface area contributed by atoms with Gasteiger partial charge in [0.05, 0.1) is 24.3 Å². The van der Waals surface area contributed by atoms with Crippen LogP contribution in [0, 0.1) is 0 Å². The molecule has 1 fully saturated rings. The van der Waals surface area contributed by atoms with E-state index in [0.717, 1.165) is 16.9 Å². The maximum absolute atomic E-state index is 13.1. The van der Waals surface area contributed by atoms with Crippen LogP contribution in [-0.4, -0.2) is 23.9 Å². The Kier molecular flexibility index (Phi) is 7.77. The number of hydrogen-bond acceptors (Lipinski definition) is 6. The lowest BCUT2D eigenvalue weighted by Crippen LogP contribution is -2.27. The molecule has 1 saturated heterocycles. The number of nitrogens with zero attached hydrogens (tertiary/aromatic N) is 1. The fourth-order valence-corrected chi connectivity index (χ4v) is 4.85. The number of ether oxygens (including phenoxy) is 3. The summed E-state index contributed by atoms with van der Waals surface area (Å²) in [6, 6.07) is 20.3. The minimum absolute atomic E-state index is 0.169. The molecule has 0 spiro atoms. The first-order chi connectivity index (χ1) is 16.5. The molecule has 4 rings (SSSR count). The predicted octanol–water partition coefficient (Wildman–Crippen LogP) is 6.73. The zero-order valence-electron chi connectivity index (χ0n) is 18.6. The van der Waals surface area contributed by atoms with Crippen LogP contribution in [0.1, 0.15) is 18.1 Å². The quantitative estimate of drug-likeness (QED) is 0.247. The van der Waals surface area contributed by atoms with Crippen molar-refractivity contribution in [3.63, 3.8) is 0 Å². The van der Waals surface area contributed by atoms with E-state index < -0.39 is 0 Å². The summed E-state index contributed by atoms with van der Waals surface area (Å²) in [6.45, 7) is 2.82. The number of carbonyl (C=O) groups is 1. The second kappa shape index (κ2) is 11.0. The molecular formula is C26H22ClNO4S2. The third-order valence-corrected chi connectivity index (χ3v) is 6.70. The first kappa shape index (κ1) is 24.1. The maximum Gasteiger partial charge on any atom is 0.270 e. The number of halogens is 1. The van der Waals surface area contributed by atoms with Crippen molar-refractivity contribution in [1.29, 1.82) is 0 Å². The molecule has 0 aromatic heterocycles. The normalized spacial score (nSPS) is 14.6. The standard InChI is InChI=1S/C26H22ClNO4S2/c1-3-31-20-11-9-19(10-12-20)28-25(29)24(34-26(28)33)15-17-8-13-22(23(14-17)30-2)32-16-18-6-4-5-7-21(18)27/h4-15H,3,16H2,1-2H3/b24-15+. The van der Waals surface area contributed by atoms with Gasteiger partial charge in [0.2, 0.25) is 0 Å². The van der Waals surface area contributed by atoms with Gasteiger partial charge in [-0.3, -0.25) is 9.69 Å². The van der Waals surface area contributed by atoms with E-state index in [1.807, 2.05) is 73.7 Å². The number of benzene rings is 3. The van der Waals surface area contributed by atoms with Crippen molar-refractivity contribution < 1.29 is 19.0 Å². The van der Waals surface area contributed by atoms with Crippen molar-refractivity contribution in [2.24, 2.45) is 0 Å². The highest BCUT2D eigenvalue weighted by molar-refractivity contribution is 8.27. The number of thiocarbonyl (C=S) groups is 1. The summed E-state index contributed by atoms with van der Waals surface area (Å²) in [5.74, 6) is 1.72. The molecule has 0 radical (unpaired) electrons. The Bertz CT molecular complexity index is 1240. The molecule has 3 aromatic carbocycles. The summed E-state index contributed by atoms with van der Waals surface area (Å²) < 4.78 is 17.4. The van der Waals surface area contributed by atoms with Crippen molar-refractivity contribution in [2.45, 2.75) is 13.5 Å². The molecule has 0 N–H and O–H groups in total. The van der Waals surface area contributed by atoms with Crippen LogP contribution in [0.5, 0.6) is 17.2 Å². The second-order valence-electron chi connectivity index (χ2n) is 7.23. The number of carbonyl (C=O) groups excluding carboxylic acids is 1. The van der Waals surface area contributed by atoms with Crippen molar-refractivity contribution in [2.75, 3.05) is 18.6 Å². The maximum atomic E-state index is 13.1. The van der Waals surface area contributed by atoms with Gasteiger partial charge in [0.15, 0.2) is 15.8 Å². The molecule has 1 heterocycles. The van der Waals surface area contributed by atoms with Gasteiger partial charge in [0.1, 0.15) is 12.4 Å². The van der Waals surface area contributed by atoms with Crippen LogP contribution in [0.2, 0.25) is 5.02 Å². The molecule has 0 bridgehead atoms. The van der Waals surface area contributed by atoms with Crippen LogP contribution in [0.4, 0.5) is 5.69 Å². The van der Waals surface area contributed by atoms with E-state index in [1.165, 1.54) is 16.7 Å². The molecule has 174 valence electrons. The Hall–Kier alpha value is -3.00. The van der Waals surface area contributed by atoms with E-state index in [0.29, 0.717) is 44.6 Å². The average molecular weight is 512 g/mol. The van der Waals surface area contributed by atoms with Gasteiger partial charge < -0.3 is 14.2 Å². The number of methoxy groups -OCH3 is 1. The first-order valence-corrected chi connectivity index (χ1v) is 12.2. The summed E-state index contributed by atoms with van der Waals surface area (Å²) in [6.07, 6.45) is 1.80. The van der Waals surface area contributed by atoms with E-state index in [9.17, 15) is 4.79 Å². The van der Waals surface area contributed by atoms with Crippen molar-refractivity contribution >= 4 is 57.6 Å². The van der Waals surface area contributed by atoms with E-state index in [-0.39, 0.29) is 5.91 Å². The summed E-state index contributed by atoms with van der Waals surface area (Å²) in [7, 11) is 1.58. The molecule has 0 aliphatic carbocycles. The largest absolute Gasteiger partial charge is 0.494 e. The number of rotatable bonds is 8. The van der Waals surface area contributed by atoms with Crippen LogP contribution in [0.3, 0.4) is 0 Å². The summed E-state index contributed by atoms with van der Waals surface area (Å²) >= 11 is 13.0. The topological polar surface area (TPSA) is 48.0 Å². The molecule has 1 aliphatic heterocycles. The minimum atomic E-state index is -0.169. The number of amides is 1. The van der Waals surface area contributed by atoms with Gasteiger partial charge in [-0.2, -0.15) is 0 Å². The summed E-state index contributed by atoms with van der Waals surface area (Å²) in [4.78, 5) is 15.2. The molecule has 1 amide bonds. The molecule has 8 heteroatoms. The Labute approximate surface area is 213 Å². The Balaban J connectivity index is 1.51. The number of anilines is 1. The number of hydrogen-bond donors (Lipinski definition) is 0. The van der Waals surface area contributed by atoms with Gasteiger partial charge in [-0.25, -0.2) is 0 Å². The highest BCUT2D eigenvalue weighted by atomic mass is 35.5. The highest BCUT2D eigenvalue weighted by Gasteiger charge is 2.33. The monoisotopic (exact) mass is 511 g/mol. The zero-order valence-corrected chi connectivity index (χ0v) is 21.0. The predicted molar refractivity (Wildman–Crippen MR) is 142 cm³/mol. The molecule has 1 aliphatic rings. The molecule has 3 aromatic rings. The smallest absolute Gasteiger partial charge is 0.270 e. The third-order valence-electron chi connectivity index (χ3n) is 5.03. The van der Waals surface area contributed by atoms with Crippen molar-refractivity contribution in [3.8, 4) is 17.2 Å². The molecule has 34 heavy (non-hydrogen) atoms. The van der Waals surface area contributed by atoms with Crippen LogP contribution in [-0.2, 0) is 11.4 Å². The SMILES string of the molecule is CCOc1ccc(N2C(=O)/C(=C\c3ccc(OCc4ccccc4Cl)c(OC)c3)SC2=S)cc1. The third kappa shape index (κ3) is 5.38. The average Bonchev–Trinajstić information content (AvgIpc) is 3.12. The van der Waals surface area contributed by atoms with Crippen molar-refractivity contribution in [1.82, 2.24) is 0 Å². The van der Waals surface area contributed by atoms with E-state index in [2.05, 4.69) is 0 Å². The lowest BCUT2D eigenvalue weighted by Gasteiger charge is -2.15. The van der Waals surface area contributed by atoms with Crippen LogP contribution < -0.4 is 19.1 Å². The van der Waals surface area contributed by atoms with Gasteiger partial charge in [-0.05, 0) is 61.0 Å². The summed E-state index contributed by atoms with van der Waals surface area (Å²) in [5.41, 5.74) is 2.39. The lowest BCUT2D eigenvalue weighted by atomic mass is 10.1. The van der Waals surface area contributed by atoms with Gasteiger partial charge in [0, 0.05) is 10.6 Å². The van der Waals surface area contributed by atoms with Crippen LogP contribution in [0.25, 0.3) is 6.08 Å². The van der Waals surface area contributed by atoms with Gasteiger partial charge >= 0.3 is 0 Å².